The number of thiol groups is 1. The summed E-state index contributed by atoms with van der Waals surface area (Å²) in [6.07, 6.45) is 0. The van der Waals surface area contributed by atoms with Gasteiger partial charge in [0.1, 0.15) is 0 Å². The average Bonchev–Trinajstić information content (AvgIpc) is 2.59. The van der Waals surface area contributed by atoms with E-state index in [1.807, 2.05) is 6.07 Å². The van der Waals surface area contributed by atoms with Crippen LogP contribution in [0.1, 0.15) is 5.56 Å². The number of imidazole rings is 1. The minimum absolute atomic E-state index is 0.670. The zero-order valence-electron chi connectivity index (χ0n) is 8.28. The molecule has 0 fully saturated rings. The lowest BCUT2D eigenvalue weighted by atomic mass is 10.0. The highest BCUT2D eigenvalue weighted by Gasteiger charge is 2.06. The van der Waals surface area contributed by atoms with Gasteiger partial charge in [0, 0.05) is 0 Å². The van der Waals surface area contributed by atoms with Gasteiger partial charge < -0.3 is 4.98 Å². The maximum absolute atomic E-state index is 4.37. The molecule has 15 heavy (non-hydrogen) atoms. The van der Waals surface area contributed by atoms with E-state index in [0.717, 1.165) is 11.0 Å². The SMILES string of the molecule is Cc1c2ccccc2cc2[nH]c(S)nc12. The van der Waals surface area contributed by atoms with Crippen molar-refractivity contribution in [3.05, 3.63) is 35.9 Å². The number of aryl methyl sites for hydroxylation is 1. The quantitative estimate of drug-likeness (QED) is 0.552. The van der Waals surface area contributed by atoms with E-state index in [9.17, 15) is 0 Å². The van der Waals surface area contributed by atoms with Gasteiger partial charge >= 0.3 is 0 Å². The van der Waals surface area contributed by atoms with E-state index in [-0.39, 0.29) is 0 Å². The lowest BCUT2D eigenvalue weighted by Gasteiger charge is -2.02. The lowest BCUT2D eigenvalue weighted by Crippen LogP contribution is -1.81. The molecule has 3 aromatic rings. The molecule has 3 heteroatoms. The molecule has 1 heterocycles. The predicted octanol–water partition coefficient (Wildman–Crippen LogP) is 3.31. The molecule has 1 aromatic heterocycles. The molecule has 1 N–H and O–H groups in total. The van der Waals surface area contributed by atoms with Crippen molar-refractivity contribution in [2.45, 2.75) is 12.1 Å². The Kier molecular flexibility index (Phi) is 1.76. The molecular weight excluding hydrogens is 204 g/mol. The van der Waals surface area contributed by atoms with Gasteiger partial charge in [-0.15, -0.1) is 12.6 Å². The van der Waals surface area contributed by atoms with Gasteiger partial charge in [-0.25, -0.2) is 4.98 Å². The summed E-state index contributed by atoms with van der Waals surface area (Å²) >= 11 is 4.23. The van der Waals surface area contributed by atoms with Crippen LogP contribution in [0.2, 0.25) is 0 Å². The fourth-order valence-electron chi connectivity index (χ4n) is 2.01. The minimum Gasteiger partial charge on any atom is -0.333 e. The topological polar surface area (TPSA) is 28.7 Å². The molecule has 0 saturated carbocycles. The Morgan fingerprint density at radius 2 is 2.07 bits per heavy atom. The average molecular weight is 214 g/mol. The monoisotopic (exact) mass is 214 g/mol. The molecule has 74 valence electrons. The molecule has 0 aliphatic heterocycles. The van der Waals surface area contributed by atoms with E-state index in [0.29, 0.717) is 5.16 Å². The van der Waals surface area contributed by atoms with Crippen molar-refractivity contribution in [3.8, 4) is 0 Å². The van der Waals surface area contributed by atoms with Crippen LogP contribution in [0.5, 0.6) is 0 Å². The highest BCUT2D eigenvalue weighted by atomic mass is 32.1. The van der Waals surface area contributed by atoms with Crippen molar-refractivity contribution in [1.82, 2.24) is 9.97 Å². The Bertz CT molecular complexity index is 655. The maximum atomic E-state index is 4.37. The number of benzene rings is 2. The highest BCUT2D eigenvalue weighted by molar-refractivity contribution is 7.80. The number of aromatic amines is 1. The molecule has 2 nitrogen and oxygen atoms in total. The van der Waals surface area contributed by atoms with Gasteiger partial charge in [0.15, 0.2) is 5.16 Å². The largest absolute Gasteiger partial charge is 0.333 e. The zero-order valence-corrected chi connectivity index (χ0v) is 9.18. The standard InChI is InChI=1S/C12H10N2S/c1-7-9-5-3-2-4-8(9)6-10-11(7)14-12(15)13-10/h2-6H,1H3,(H2,13,14,15). The summed E-state index contributed by atoms with van der Waals surface area (Å²) in [4.78, 5) is 7.52. The summed E-state index contributed by atoms with van der Waals surface area (Å²) in [6, 6.07) is 10.4. The van der Waals surface area contributed by atoms with Gasteiger partial charge in [0.2, 0.25) is 0 Å². The third-order valence-electron chi connectivity index (χ3n) is 2.74. The van der Waals surface area contributed by atoms with Crippen LogP contribution in [-0.2, 0) is 0 Å². The molecule has 0 unspecified atom stereocenters. The van der Waals surface area contributed by atoms with Gasteiger partial charge in [-0.1, -0.05) is 24.3 Å². The van der Waals surface area contributed by atoms with Gasteiger partial charge in [0.25, 0.3) is 0 Å². The molecular formula is C12H10N2S. The Hall–Kier alpha value is -1.48. The fourth-order valence-corrected chi connectivity index (χ4v) is 2.23. The van der Waals surface area contributed by atoms with Crippen LogP contribution in [0.3, 0.4) is 0 Å². The number of H-pyrrole nitrogens is 1. The first-order valence-corrected chi connectivity index (χ1v) is 5.27. The summed E-state index contributed by atoms with van der Waals surface area (Å²) < 4.78 is 0. The number of fused-ring (bicyclic) bond motifs is 2. The maximum Gasteiger partial charge on any atom is 0.163 e. The Morgan fingerprint density at radius 3 is 2.93 bits per heavy atom. The van der Waals surface area contributed by atoms with Crippen LogP contribution in [0, 0.1) is 6.92 Å². The van der Waals surface area contributed by atoms with Crippen LogP contribution in [0.25, 0.3) is 21.8 Å². The molecule has 0 bridgehead atoms. The highest BCUT2D eigenvalue weighted by Crippen LogP contribution is 2.26. The second-order valence-electron chi connectivity index (χ2n) is 3.68. The molecule has 0 spiro atoms. The zero-order chi connectivity index (χ0) is 10.4. The van der Waals surface area contributed by atoms with E-state index in [4.69, 9.17) is 0 Å². The first-order valence-electron chi connectivity index (χ1n) is 4.83. The van der Waals surface area contributed by atoms with Crippen molar-refractivity contribution in [2.75, 3.05) is 0 Å². The normalized spacial score (nSPS) is 11.3. The van der Waals surface area contributed by atoms with Crippen molar-refractivity contribution < 1.29 is 0 Å². The van der Waals surface area contributed by atoms with Crippen LogP contribution in [0.4, 0.5) is 0 Å². The number of hydrogen-bond donors (Lipinski definition) is 2. The molecule has 0 aliphatic carbocycles. The molecule has 0 aliphatic rings. The van der Waals surface area contributed by atoms with Gasteiger partial charge in [-0.2, -0.15) is 0 Å². The van der Waals surface area contributed by atoms with Crippen molar-refractivity contribution in [1.29, 1.82) is 0 Å². The summed E-state index contributed by atoms with van der Waals surface area (Å²) in [6.45, 7) is 2.10. The Labute approximate surface area is 92.7 Å². The van der Waals surface area contributed by atoms with Crippen LogP contribution < -0.4 is 0 Å². The van der Waals surface area contributed by atoms with Gasteiger partial charge in [0.05, 0.1) is 11.0 Å². The Morgan fingerprint density at radius 1 is 1.27 bits per heavy atom. The number of nitrogens with zero attached hydrogens (tertiary/aromatic N) is 1. The van der Waals surface area contributed by atoms with Crippen LogP contribution in [0.15, 0.2) is 35.5 Å². The summed E-state index contributed by atoms with van der Waals surface area (Å²) in [7, 11) is 0. The lowest BCUT2D eigenvalue weighted by molar-refractivity contribution is 1.09. The van der Waals surface area contributed by atoms with Crippen molar-refractivity contribution >= 4 is 34.4 Å². The van der Waals surface area contributed by atoms with Crippen molar-refractivity contribution in [3.63, 3.8) is 0 Å². The molecule has 0 amide bonds. The van der Waals surface area contributed by atoms with Crippen LogP contribution >= 0.6 is 12.6 Å². The summed E-state index contributed by atoms with van der Waals surface area (Å²) in [5, 5.41) is 3.16. The second-order valence-corrected chi connectivity index (χ2v) is 4.10. The number of hydrogen-bond acceptors (Lipinski definition) is 2. The minimum atomic E-state index is 0.670. The fraction of sp³-hybridized carbons (Fsp3) is 0.0833. The van der Waals surface area contributed by atoms with E-state index in [1.54, 1.807) is 0 Å². The molecule has 0 saturated heterocycles. The van der Waals surface area contributed by atoms with E-state index >= 15 is 0 Å². The first-order chi connectivity index (χ1) is 7.25. The van der Waals surface area contributed by atoms with E-state index in [1.165, 1.54) is 16.3 Å². The second kappa shape index (κ2) is 3.00. The third-order valence-corrected chi connectivity index (χ3v) is 2.95. The smallest absolute Gasteiger partial charge is 0.163 e. The van der Waals surface area contributed by atoms with E-state index < -0.39 is 0 Å². The van der Waals surface area contributed by atoms with E-state index in [2.05, 4.69) is 53.8 Å². The number of aromatic nitrogens is 2. The molecule has 3 rings (SSSR count). The first kappa shape index (κ1) is 8.80. The molecule has 0 radical (unpaired) electrons. The summed E-state index contributed by atoms with van der Waals surface area (Å²) in [5.41, 5.74) is 3.27. The van der Waals surface area contributed by atoms with Gasteiger partial charge in [-0.05, 0) is 29.3 Å². The third kappa shape index (κ3) is 1.23. The summed E-state index contributed by atoms with van der Waals surface area (Å²) in [5.74, 6) is 0. The van der Waals surface area contributed by atoms with Crippen molar-refractivity contribution in [2.24, 2.45) is 0 Å². The number of nitrogens with one attached hydrogen (secondary N) is 1. The Balaban J connectivity index is 2.58. The molecule has 0 atom stereocenters. The number of rotatable bonds is 0. The van der Waals surface area contributed by atoms with Crippen LogP contribution in [-0.4, -0.2) is 9.97 Å². The predicted molar refractivity (Wildman–Crippen MR) is 65.6 cm³/mol. The molecule has 2 aromatic carbocycles. The van der Waals surface area contributed by atoms with Gasteiger partial charge in [-0.3, -0.25) is 0 Å².